The molecule has 1 fully saturated rings. The Labute approximate surface area is 120 Å². The van der Waals surface area contributed by atoms with Crippen LogP contribution in [0.3, 0.4) is 0 Å². The number of carboxylic acids is 1. The van der Waals surface area contributed by atoms with Gasteiger partial charge in [0.25, 0.3) is 0 Å². The molecule has 110 valence electrons. The summed E-state index contributed by atoms with van der Waals surface area (Å²) in [6.07, 6.45) is 1.11. The largest absolute Gasteiger partial charge is 0.478 e. The van der Waals surface area contributed by atoms with Crippen molar-refractivity contribution in [2.75, 3.05) is 18.0 Å². The molecule has 0 aliphatic carbocycles. The molecule has 20 heavy (non-hydrogen) atoms. The number of aromatic carboxylic acids is 1. The molecular weight excluding hydrogens is 252 g/mol. The molecule has 4 nitrogen and oxygen atoms in total. The van der Waals surface area contributed by atoms with Crippen molar-refractivity contribution in [1.29, 1.82) is 0 Å². The van der Waals surface area contributed by atoms with Crippen LogP contribution in [0.25, 0.3) is 0 Å². The van der Waals surface area contributed by atoms with Gasteiger partial charge in [0.15, 0.2) is 0 Å². The quantitative estimate of drug-likeness (QED) is 0.900. The van der Waals surface area contributed by atoms with Gasteiger partial charge in [-0.05, 0) is 24.0 Å². The van der Waals surface area contributed by atoms with Crippen molar-refractivity contribution in [1.82, 2.24) is 4.98 Å². The van der Waals surface area contributed by atoms with E-state index in [2.05, 4.69) is 39.5 Å². The zero-order chi connectivity index (χ0) is 15.1. The first-order valence-corrected chi connectivity index (χ1v) is 7.09. The third-order valence-corrected chi connectivity index (χ3v) is 3.83. The van der Waals surface area contributed by atoms with E-state index < -0.39 is 5.97 Å². The molecule has 1 aliphatic rings. The van der Waals surface area contributed by atoms with Gasteiger partial charge in [-0.15, -0.1) is 0 Å². The van der Waals surface area contributed by atoms with Crippen LogP contribution in [-0.2, 0) is 5.41 Å². The second-order valence-corrected chi connectivity index (χ2v) is 7.49. The number of anilines is 1. The van der Waals surface area contributed by atoms with Crippen LogP contribution in [0.1, 0.15) is 57.1 Å². The zero-order valence-electron chi connectivity index (χ0n) is 13.0. The summed E-state index contributed by atoms with van der Waals surface area (Å²) < 4.78 is 0. The molecule has 1 aliphatic heterocycles. The highest BCUT2D eigenvalue weighted by atomic mass is 16.4. The Morgan fingerprint density at radius 2 is 2.00 bits per heavy atom. The van der Waals surface area contributed by atoms with Gasteiger partial charge < -0.3 is 10.0 Å². The van der Waals surface area contributed by atoms with Crippen LogP contribution in [0.2, 0.25) is 0 Å². The number of pyridine rings is 1. The van der Waals surface area contributed by atoms with E-state index in [0.29, 0.717) is 5.56 Å². The number of hydrogen-bond acceptors (Lipinski definition) is 3. The molecule has 2 rings (SSSR count). The number of nitrogens with zero attached hydrogens (tertiary/aromatic N) is 2. The molecule has 1 N–H and O–H groups in total. The van der Waals surface area contributed by atoms with Crippen LogP contribution in [0.4, 0.5) is 5.82 Å². The van der Waals surface area contributed by atoms with E-state index in [1.54, 1.807) is 12.1 Å². The van der Waals surface area contributed by atoms with E-state index in [-0.39, 0.29) is 10.8 Å². The first kappa shape index (κ1) is 14.8. The standard InChI is InChI=1S/C16H24N2O2/c1-15(2,3)12-8-11(14(19)20)9-13(17-12)18-7-6-16(4,5)10-18/h8-9H,6-7,10H2,1-5H3,(H,19,20). The monoisotopic (exact) mass is 276 g/mol. The van der Waals surface area contributed by atoms with Gasteiger partial charge in [0.05, 0.1) is 5.56 Å². The lowest BCUT2D eigenvalue weighted by Gasteiger charge is -2.24. The summed E-state index contributed by atoms with van der Waals surface area (Å²) in [6, 6.07) is 3.38. The van der Waals surface area contributed by atoms with Crippen LogP contribution in [0.15, 0.2) is 12.1 Å². The predicted molar refractivity (Wildman–Crippen MR) is 80.5 cm³/mol. The minimum absolute atomic E-state index is 0.157. The van der Waals surface area contributed by atoms with E-state index in [1.165, 1.54) is 0 Å². The summed E-state index contributed by atoms with van der Waals surface area (Å²) in [7, 11) is 0. The van der Waals surface area contributed by atoms with Gasteiger partial charge in [-0.2, -0.15) is 0 Å². The molecule has 0 radical (unpaired) electrons. The fourth-order valence-corrected chi connectivity index (χ4v) is 2.49. The summed E-state index contributed by atoms with van der Waals surface area (Å²) in [4.78, 5) is 18.2. The maximum absolute atomic E-state index is 11.3. The fraction of sp³-hybridized carbons (Fsp3) is 0.625. The van der Waals surface area contributed by atoms with E-state index >= 15 is 0 Å². The van der Waals surface area contributed by atoms with Crippen molar-refractivity contribution in [3.8, 4) is 0 Å². The lowest BCUT2D eigenvalue weighted by atomic mass is 9.90. The molecule has 1 saturated heterocycles. The molecule has 4 heteroatoms. The van der Waals surface area contributed by atoms with Crippen LogP contribution in [0.5, 0.6) is 0 Å². The molecule has 0 amide bonds. The summed E-state index contributed by atoms with van der Waals surface area (Å²) in [5, 5.41) is 9.30. The third-order valence-electron chi connectivity index (χ3n) is 3.83. The number of hydrogen-bond donors (Lipinski definition) is 1. The third kappa shape index (κ3) is 3.11. The molecule has 0 saturated carbocycles. The van der Waals surface area contributed by atoms with Crippen molar-refractivity contribution in [3.05, 3.63) is 23.4 Å². The molecule has 0 aromatic carbocycles. The van der Waals surface area contributed by atoms with Crippen molar-refractivity contribution < 1.29 is 9.90 Å². The molecular formula is C16H24N2O2. The number of carbonyl (C=O) groups is 1. The Hall–Kier alpha value is -1.58. The van der Waals surface area contributed by atoms with Crippen molar-refractivity contribution in [2.45, 2.75) is 46.5 Å². The maximum atomic E-state index is 11.3. The lowest BCUT2D eigenvalue weighted by molar-refractivity contribution is 0.0696. The second kappa shape index (κ2) is 4.76. The Balaban J connectivity index is 2.43. The van der Waals surface area contributed by atoms with Crippen LogP contribution in [0, 0.1) is 5.41 Å². The molecule has 1 aromatic rings. The molecule has 0 spiro atoms. The normalized spacial score (nSPS) is 18.4. The second-order valence-electron chi connectivity index (χ2n) is 7.49. The van der Waals surface area contributed by atoms with Gasteiger partial charge in [0.1, 0.15) is 5.82 Å². The average Bonchev–Trinajstić information content (AvgIpc) is 2.68. The lowest BCUT2D eigenvalue weighted by Crippen LogP contribution is -2.25. The topological polar surface area (TPSA) is 53.4 Å². The van der Waals surface area contributed by atoms with Crippen molar-refractivity contribution >= 4 is 11.8 Å². The van der Waals surface area contributed by atoms with E-state index in [1.807, 2.05) is 0 Å². The van der Waals surface area contributed by atoms with Gasteiger partial charge in [0.2, 0.25) is 0 Å². The van der Waals surface area contributed by atoms with Gasteiger partial charge in [-0.3, -0.25) is 0 Å². The fourth-order valence-electron chi connectivity index (χ4n) is 2.49. The highest BCUT2D eigenvalue weighted by Crippen LogP contribution is 2.33. The van der Waals surface area contributed by atoms with E-state index in [9.17, 15) is 9.90 Å². The van der Waals surface area contributed by atoms with E-state index in [4.69, 9.17) is 4.98 Å². The Morgan fingerprint density at radius 3 is 2.45 bits per heavy atom. The molecule has 0 atom stereocenters. The summed E-state index contributed by atoms with van der Waals surface area (Å²) >= 11 is 0. The highest BCUT2D eigenvalue weighted by Gasteiger charge is 2.31. The Morgan fingerprint density at radius 1 is 1.35 bits per heavy atom. The Bertz CT molecular complexity index is 530. The maximum Gasteiger partial charge on any atom is 0.335 e. The van der Waals surface area contributed by atoms with Crippen LogP contribution < -0.4 is 4.90 Å². The van der Waals surface area contributed by atoms with Crippen molar-refractivity contribution in [2.24, 2.45) is 5.41 Å². The molecule has 0 bridgehead atoms. The number of rotatable bonds is 2. The highest BCUT2D eigenvalue weighted by molar-refractivity contribution is 5.88. The van der Waals surface area contributed by atoms with Crippen molar-refractivity contribution in [3.63, 3.8) is 0 Å². The van der Waals surface area contributed by atoms with Gasteiger partial charge in [-0.1, -0.05) is 34.6 Å². The van der Waals surface area contributed by atoms with Gasteiger partial charge >= 0.3 is 5.97 Å². The summed E-state index contributed by atoms with van der Waals surface area (Å²) in [5.74, 6) is -0.0991. The molecule has 0 unspecified atom stereocenters. The van der Waals surface area contributed by atoms with E-state index in [0.717, 1.165) is 31.0 Å². The molecule has 2 heterocycles. The number of aromatic nitrogens is 1. The minimum Gasteiger partial charge on any atom is -0.478 e. The average molecular weight is 276 g/mol. The predicted octanol–water partition coefficient (Wildman–Crippen LogP) is 3.31. The smallest absolute Gasteiger partial charge is 0.335 e. The first-order valence-electron chi connectivity index (χ1n) is 7.09. The zero-order valence-corrected chi connectivity index (χ0v) is 13.0. The van der Waals surface area contributed by atoms with Crippen LogP contribution in [-0.4, -0.2) is 29.1 Å². The Kier molecular flexibility index (Phi) is 3.53. The first-order chi connectivity index (χ1) is 9.08. The van der Waals surface area contributed by atoms with Gasteiger partial charge in [-0.25, -0.2) is 9.78 Å². The van der Waals surface area contributed by atoms with Crippen LogP contribution >= 0.6 is 0 Å². The SMILES string of the molecule is CC1(C)CCN(c2cc(C(=O)O)cc(C(C)(C)C)n2)C1. The number of carboxylic acid groups (broad SMARTS) is 1. The minimum atomic E-state index is -0.891. The summed E-state index contributed by atoms with van der Waals surface area (Å²) in [5.41, 5.74) is 1.26. The van der Waals surface area contributed by atoms with Gasteiger partial charge in [0, 0.05) is 24.2 Å². The summed E-state index contributed by atoms with van der Waals surface area (Å²) in [6.45, 7) is 12.5. The molecule has 1 aromatic heterocycles.